The fraction of sp³-hybridized carbons (Fsp3) is 0.565. The number of carbonyl (C=O) groups excluding carboxylic acids is 1. The van der Waals surface area contributed by atoms with Gasteiger partial charge in [-0.15, -0.1) is 0 Å². The Balaban J connectivity index is 3.35. The van der Waals surface area contributed by atoms with Crippen LogP contribution in [0, 0.1) is 17.8 Å². The van der Waals surface area contributed by atoms with E-state index in [0.29, 0.717) is 17.8 Å². The zero-order valence-corrected chi connectivity index (χ0v) is 19.1. The molecule has 0 aliphatic rings. The van der Waals surface area contributed by atoms with Crippen LogP contribution in [-0.4, -0.2) is 25.4 Å². The summed E-state index contributed by atoms with van der Waals surface area (Å²) in [6.45, 7) is 13.1. The first-order valence-electron chi connectivity index (χ1n) is 10.2. The lowest BCUT2D eigenvalue weighted by Gasteiger charge is -2.42. The highest BCUT2D eigenvalue weighted by Gasteiger charge is 2.48. The standard InChI is InChI=1S/C23H36O4Si/c1-17(2)15-28(16-18(3)4,27-23(26)13-12-22(24)25)21(19(5)6)14-20-10-8-7-9-11-20/h7-13,17-19,21H,14-16H2,1-6H3,(H,24,25)/b13-12-. The third-order valence-corrected chi connectivity index (χ3v) is 10.8. The first-order chi connectivity index (χ1) is 13.1. The fourth-order valence-electron chi connectivity index (χ4n) is 4.20. The molecule has 0 aromatic heterocycles. The molecular formula is C23H36O4Si. The number of hydrogen-bond donors (Lipinski definition) is 1. The van der Waals surface area contributed by atoms with Gasteiger partial charge in [0, 0.05) is 12.2 Å². The molecule has 1 atom stereocenters. The molecule has 4 nitrogen and oxygen atoms in total. The maximum absolute atomic E-state index is 12.6. The molecule has 0 aliphatic heterocycles. The van der Waals surface area contributed by atoms with Gasteiger partial charge in [-0.2, -0.15) is 0 Å². The second-order valence-corrected chi connectivity index (χ2v) is 12.8. The summed E-state index contributed by atoms with van der Waals surface area (Å²) in [5.74, 6) is -0.492. The van der Waals surface area contributed by atoms with Crippen molar-refractivity contribution in [3.05, 3.63) is 48.0 Å². The van der Waals surface area contributed by atoms with Gasteiger partial charge in [-0.3, -0.25) is 0 Å². The monoisotopic (exact) mass is 404 g/mol. The molecule has 1 unspecified atom stereocenters. The number of rotatable bonds is 11. The Kier molecular flexibility index (Phi) is 9.66. The van der Waals surface area contributed by atoms with Crippen LogP contribution in [-0.2, 0) is 20.4 Å². The van der Waals surface area contributed by atoms with Crippen molar-refractivity contribution in [1.82, 2.24) is 0 Å². The maximum Gasteiger partial charge on any atom is 0.328 e. The van der Waals surface area contributed by atoms with Gasteiger partial charge in [0.1, 0.15) is 0 Å². The van der Waals surface area contributed by atoms with Gasteiger partial charge in [0.2, 0.25) is 0 Å². The van der Waals surface area contributed by atoms with E-state index in [1.807, 2.05) is 18.2 Å². The third kappa shape index (κ3) is 8.01. The first-order valence-corrected chi connectivity index (χ1v) is 12.6. The lowest BCUT2D eigenvalue weighted by Crippen LogP contribution is -2.49. The highest BCUT2D eigenvalue weighted by molar-refractivity contribution is 6.77. The molecule has 0 saturated carbocycles. The smallest absolute Gasteiger partial charge is 0.328 e. The van der Waals surface area contributed by atoms with Crippen molar-refractivity contribution in [2.24, 2.45) is 17.8 Å². The molecule has 0 saturated heterocycles. The van der Waals surface area contributed by atoms with Crippen molar-refractivity contribution in [3.8, 4) is 0 Å². The second-order valence-electron chi connectivity index (χ2n) is 8.89. The minimum Gasteiger partial charge on any atom is -0.516 e. The van der Waals surface area contributed by atoms with Gasteiger partial charge in [0.15, 0.2) is 0 Å². The van der Waals surface area contributed by atoms with Crippen LogP contribution in [0.4, 0.5) is 0 Å². The molecule has 1 N–H and O–H groups in total. The molecule has 5 heteroatoms. The summed E-state index contributed by atoms with van der Waals surface area (Å²) < 4.78 is 6.26. The molecule has 0 amide bonds. The van der Waals surface area contributed by atoms with Crippen LogP contribution in [0.25, 0.3) is 0 Å². The van der Waals surface area contributed by atoms with E-state index in [9.17, 15) is 9.59 Å². The summed E-state index contributed by atoms with van der Waals surface area (Å²) in [6, 6.07) is 12.1. The number of carbonyl (C=O) groups is 2. The molecule has 1 aromatic rings. The van der Waals surface area contributed by atoms with Crippen LogP contribution >= 0.6 is 0 Å². The Labute approximate surface area is 171 Å². The maximum atomic E-state index is 12.6. The Morgan fingerprint density at radius 2 is 1.50 bits per heavy atom. The molecule has 1 aromatic carbocycles. The van der Waals surface area contributed by atoms with E-state index < -0.39 is 20.3 Å². The van der Waals surface area contributed by atoms with Crippen molar-refractivity contribution in [1.29, 1.82) is 0 Å². The molecule has 0 spiro atoms. The summed E-state index contributed by atoms with van der Waals surface area (Å²) in [4.78, 5) is 23.4. The lowest BCUT2D eigenvalue weighted by atomic mass is 10.0. The van der Waals surface area contributed by atoms with Crippen molar-refractivity contribution in [2.45, 2.75) is 65.6 Å². The third-order valence-electron chi connectivity index (χ3n) is 4.95. The Morgan fingerprint density at radius 3 is 1.93 bits per heavy atom. The Morgan fingerprint density at radius 1 is 0.964 bits per heavy atom. The van der Waals surface area contributed by atoms with E-state index >= 15 is 0 Å². The van der Waals surface area contributed by atoms with Gasteiger partial charge in [-0.25, -0.2) is 9.59 Å². The van der Waals surface area contributed by atoms with E-state index in [4.69, 9.17) is 9.53 Å². The second kappa shape index (κ2) is 11.2. The largest absolute Gasteiger partial charge is 0.516 e. The topological polar surface area (TPSA) is 63.6 Å². The molecule has 0 heterocycles. The van der Waals surface area contributed by atoms with Crippen LogP contribution in [0.2, 0.25) is 17.6 Å². The Hall–Kier alpha value is -1.88. The van der Waals surface area contributed by atoms with E-state index in [1.54, 1.807) is 0 Å². The van der Waals surface area contributed by atoms with Gasteiger partial charge in [-0.05, 0) is 47.4 Å². The van der Waals surface area contributed by atoms with E-state index in [-0.39, 0.29) is 5.54 Å². The van der Waals surface area contributed by atoms with E-state index in [2.05, 4.69) is 53.7 Å². The summed E-state index contributed by atoms with van der Waals surface area (Å²) in [6.07, 6.45) is 2.80. The van der Waals surface area contributed by atoms with E-state index in [0.717, 1.165) is 30.7 Å². The highest BCUT2D eigenvalue weighted by atomic mass is 28.4. The molecule has 28 heavy (non-hydrogen) atoms. The SMILES string of the molecule is CC(C)C[Si](CC(C)C)(OC(=O)/C=C\C(=O)O)C(Cc1ccccc1)C(C)C. The van der Waals surface area contributed by atoms with Crippen LogP contribution in [0.1, 0.15) is 47.1 Å². The average molecular weight is 405 g/mol. The van der Waals surface area contributed by atoms with E-state index in [1.165, 1.54) is 5.56 Å². The predicted molar refractivity (Wildman–Crippen MR) is 117 cm³/mol. The van der Waals surface area contributed by atoms with Crippen molar-refractivity contribution in [3.63, 3.8) is 0 Å². The Bertz CT molecular complexity index is 640. The van der Waals surface area contributed by atoms with Crippen LogP contribution in [0.5, 0.6) is 0 Å². The predicted octanol–water partition coefficient (Wildman–Crippen LogP) is 5.70. The fourth-order valence-corrected chi connectivity index (χ4v) is 10.3. The minimum absolute atomic E-state index is 0.266. The highest BCUT2D eigenvalue weighted by Crippen LogP contribution is 2.43. The summed E-state index contributed by atoms with van der Waals surface area (Å²) in [7, 11) is -2.53. The van der Waals surface area contributed by atoms with Crippen molar-refractivity contribution in [2.75, 3.05) is 0 Å². The normalized spacial score (nSPS) is 13.5. The van der Waals surface area contributed by atoms with Crippen molar-refractivity contribution < 1.29 is 19.1 Å². The molecule has 156 valence electrons. The van der Waals surface area contributed by atoms with Gasteiger partial charge >= 0.3 is 11.9 Å². The van der Waals surface area contributed by atoms with Gasteiger partial charge in [0.25, 0.3) is 8.32 Å². The zero-order chi connectivity index (χ0) is 21.3. The number of aliphatic carboxylic acids is 1. The number of hydrogen-bond acceptors (Lipinski definition) is 3. The summed E-state index contributed by atoms with van der Waals surface area (Å²) in [5, 5.41) is 8.86. The van der Waals surface area contributed by atoms with Crippen molar-refractivity contribution >= 4 is 20.3 Å². The van der Waals surface area contributed by atoms with Gasteiger partial charge in [-0.1, -0.05) is 71.9 Å². The number of carboxylic acids is 1. The number of benzene rings is 1. The average Bonchev–Trinajstić information content (AvgIpc) is 2.57. The quantitative estimate of drug-likeness (QED) is 0.380. The zero-order valence-electron chi connectivity index (χ0n) is 18.1. The lowest BCUT2D eigenvalue weighted by molar-refractivity contribution is -0.133. The molecular weight excluding hydrogens is 368 g/mol. The van der Waals surface area contributed by atoms with Crippen LogP contribution < -0.4 is 0 Å². The summed E-state index contributed by atoms with van der Waals surface area (Å²) in [5.41, 5.74) is 1.52. The molecule has 0 fully saturated rings. The molecule has 0 radical (unpaired) electrons. The van der Waals surface area contributed by atoms with Gasteiger partial charge < -0.3 is 9.53 Å². The van der Waals surface area contributed by atoms with Gasteiger partial charge in [0.05, 0.1) is 0 Å². The first kappa shape index (κ1) is 24.2. The minimum atomic E-state index is -2.53. The van der Waals surface area contributed by atoms with Crippen LogP contribution in [0.15, 0.2) is 42.5 Å². The molecule has 0 aliphatic carbocycles. The summed E-state index contributed by atoms with van der Waals surface area (Å²) >= 11 is 0. The number of carboxylic acid groups (broad SMARTS) is 1. The molecule has 0 bridgehead atoms. The molecule has 1 rings (SSSR count). The van der Waals surface area contributed by atoms with Crippen LogP contribution in [0.3, 0.4) is 0 Å².